The van der Waals surface area contributed by atoms with E-state index in [-0.39, 0.29) is 17.1 Å². The molecule has 0 saturated carbocycles. The van der Waals surface area contributed by atoms with Crippen LogP contribution < -0.4 is 0 Å². The number of carboxylic acid groups (broad SMARTS) is 1. The molecular weight excluding hydrogens is 323 g/mol. The normalized spacial score (nSPS) is 18.6. The maximum Gasteiger partial charge on any atom is 0.352 e. The van der Waals surface area contributed by atoms with Crippen molar-refractivity contribution in [2.75, 3.05) is 6.54 Å². The molecule has 0 bridgehead atoms. The summed E-state index contributed by atoms with van der Waals surface area (Å²) in [6, 6.07) is 6.63. The predicted molar refractivity (Wildman–Crippen MR) is 80.0 cm³/mol. The summed E-state index contributed by atoms with van der Waals surface area (Å²) in [5.74, 6) is -1.65. The number of halogens is 1. The van der Waals surface area contributed by atoms with Gasteiger partial charge in [0.25, 0.3) is 0 Å². The number of nitrogens with zero attached hydrogens (tertiary/aromatic N) is 2. The fourth-order valence-electron chi connectivity index (χ4n) is 2.73. The van der Waals surface area contributed by atoms with Crippen molar-refractivity contribution in [3.63, 3.8) is 0 Å². The number of hydrogen-bond acceptors (Lipinski definition) is 3. The fourth-order valence-corrected chi connectivity index (χ4v) is 4.45. The van der Waals surface area contributed by atoms with E-state index >= 15 is 0 Å². The topological polar surface area (TPSA) is 79.6 Å². The molecular formula is C15H15FN2O4S. The Kier molecular flexibility index (Phi) is 3.73. The highest BCUT2D eigenvalue weighted by Gasteiger charge is 2.41. The Morgan fingerprint density at radius 3 is 2.57 bits per heavy atom. The average Bonchev–Trinajstić information content (AvgIpc) is 2.82. The van der Waals surface area contributed by atoms with Crippen LogP contribution in [0.1, 0.15) is 28.5 Å². The minimum absolute atomic E-state index is 0.0987. The lowest BCUT2D eigenvalue weighted by atomic mass is 9.97. The molecule has 1 unspecified atom stereocenters. The summed E-state index contributed by atoms with van der Waals surface area (Å²) >= 11 is 0. The van der Waals surface area contributed by atoms with E-state index in [0.29, 0.717) is 12.0 Å². The summed E-state index contributed by atoms with van der Waals surface area (Å²) in [7, 11) is -2.40. The summed E-state index contributed by atoms with van der Waals surface area (Å²) in [4.78, 5) is 11.0. The number of sulfonamides is 1. The third-order valence-electron chi connectivity index (χ3n) is 4.04. The molecule has 1 aliphatic rings. The number of carbonyl (C=O) groups is 1. The second-order valence-electron chi connectivity index (χ2n) is 5.42. The SMILES string of the molecule is Cn1cc(S(=O)(=O)N2CCC2c2ccccc2F)cc1C(=O)O. The minimum Gasteiger partial charge on any atom is -0.477 e. The molecule has 1 fully saturated rings. The van der Waals surface area contributed by atoms with Crippen molar-refractivity contribution in [2.24, 2.45) is 7.05 Å². The van der Waals surface area contributed by atoms with Crippen LogP contribution in [0.4, 0.5) is 4.39 Å². The van der Waals surface area contributed by atoms with Crippen molar-refractivity contribution in [1.82, 2.24) is 8.87 Å². The number of aryl methyl sites for hydroxylation is 1. The number of aromatic nitrogens is 1. The van der Waals surface area contributed by atoms with Crippen LogP contribution >= 0.6 is 0 Å². The highest BCUT2D eigenvalue weighted by molar-refractivity contribution is 7.89. The summed E-state index contributed by atoms with van der Waals surface area (Å²) in [6.45, 7) is 0.276. The minimum atomic E-state index is -3.87. The molecule has 0 amide bonds. The number of aromatic carboxylic acids is 1. The molecule has 0 radical (unpaired) electrons. The van der Waals surface area contributed by atoms with Gasteiger partial charge in [0.1, 0.15) is 16.4 Å². The first kappa shape index (κ1) is 15.7. The van der Waals surface area contributed by atoms with Gasteiger partial charge in [-0.3, -0.25) is 0 Å². The third-order valence-corrected chi connectivity index (χ3v) is 5.91. The molecule has 2 heterocycles. The van der Waals surface area contributed by atoms with Crippen LogP contribution in [0.3, 0.4) is 0 Å². The zero-order valence-electron chi connectivity index (χ0n) is 12.3. The van der Waals surface area contributed by atoms with E-state index in [2.05, 4.69) is 0 Å². The summed E-state index contributed by atoms with van der Waals surface area (Å²) in [5, 5.41) is 9.04. The van der Waals surface area contributed by atoms with Gasteiger partial charge >= 0.3 is 5.97 Å². The van der Waals surface area contributed by atoms with Gasteiger partial charge < -0.3 is 9.67 Å². The van der Waals surface area contributed by atoms with Crippen molar-refractivity contribution in [2.45, 2.75) is 17.4 Å². The first-order valence-corrected chi connectivity index (χ1v) is 8.42. The van der Waals surface area contributed by atoms with Crippen molar-refractivity contribution in [3.05, 3.63) is 53.6 Å². The largest absolute Gasteiger partial charge is 0.477 e. The number of rotatable bonds is 4. The second-order valence-corrected chi connectivity index (χ2v) is 7.31. The first-order chi connectivity index (χ1) is 10.8. The van der Waals surface area contributed by atoms with Gasteiger partial charge in [0.15, 0.2) is 0 Å². The summed E-state index contributed by atoms with van der Waals surface area (Å²) < 4.78 is 41.7. The molecule has 8 heteroatoms. The fraction of sp³-hybridized carbons (Fsp3) is 0.267. The second kappa shape index (κ2) is 5.47. The van der Waals surface area contributed by atoms with E-state index in [4.69, 9.17) is 5.11 Å². The number of carboxylic acids is 1. The van der Waals surface area contributed by atoms with E-state index in [0.717, 1.165) is 6.07 Å². The smallest absolute Gasteiger partial charge is 0.352 e. The zero-order chi connectivity index (χ0) is 16.8. The van der Waals surface area contributed by atoms with Crippen LogP contribution in [0, 0.1) is 5.82 Å². The first-order valence-electron chi connectivity index (χ1n) is 6.98. The van der Waals surface area contributed by atoms with Gasteiger partial charge in [0, 0.05) is 25.4 Å². The predicted octanol–water partition coefficient (Wildman–Crippen LogP) is 2.00. The molecule has 6 nitrogen and oxygen atoms in total. The molecule has 1 atom stereocenters. The van der Waals surface area contributed by atoms with E-state index in [1.165, 1.54) is 28.2 Å². The standard InChI is InChI=1S/C15H15FN2O4S/c1-17-9-10(8-14(17)15(19)20)23(21,22)18-7-6-13(18)11-4-2-3-5-12(11)16/h2-5,8-9,13H,6-7H2,1H3,(H,19,20). The molecule has 1 aromatic heterocycles. The van der Waals surface area contributed by atoms with Crippen molar-refractivity contribution < 1.29 is 22.7 Å². The maximum atomic E-state index is 13.9. The maximum absolute atomic E-state index is 13.9. The van der Waals surface area contributed by atoms with Gasteiger partial charge in [-0.15, -0.1) is 0 Å². The average molecular weight is 338 g/mol. The Balaban J connectivity index is 1.96. The Morgan fingerprint density at radius 2 is 2.04 bits per heavy atom. The van der Waals surface area contributed by atoms with Gasteiger partial charge in [-0.05, 0) is 18.6 Å². The van der Waals surface area contributed by atoms with Crippen LogP contribution in [0.2, 0.25) is 0 Å². The van der Waals surface area contributed by atoms with Crippen LogP contribution in [-0.2, 0) is 17.1 Å². The lowest BCUT2D eigenvalue weighted by Gasteiger charge is -2.39. The highest BCUT2D eigenvalue weighted by Crippen LogP contribution is 2.39. The quantitative estimate of drug-likeness (QED) is 0.925. The molecule has 3 rings (SSSR count). The van der Waals surface area contributed by atoms with E-state index in [1.807, 2.05) is 0 Å². The Hall–Kier alpha value is -2.19. The van der Waals surface area contributed by atoms with Gasteiger partial charge in [-0.25, -0.2) is 17.6 Å². The monoisotopic (exact) mass is 338 g/mol. The number of hydrogen-bond donors (Lipinski definition) is 1. The van der Waals surface area contributed by atoms with Crippen molar-refractivity contribution >= 4 is 16.0 Å². The molecule has 1 saturated heterocycles. The molecule has 23 heavy (non-hydrogen) atoms. The van der Waals surface area contributed by atoms with Gasteiger partial charge in [-0.1, -0.05) is 18.2 Å². The van der Waals surface area contributed by atoms with Crippen LogP contribution in [0.5, 0.6) is 0 Å². The zero-order valence-corrected chi connectivity index (χ0v) is 13.1. The Labute approximate surface area is 132 Å². The van der Waals surface area contributed by atoms with E-state index < -0.39 is 27.9 Å². The van der Waals surface area contributed by atoms with Gasteiger partial charge in [0.2, 0.25) is 10.0 Å². The van der Waals surface area contributed by atoms with E-state index in [1.54, 1.807) is 18.2 Å². The molecule has 122 valence electrons. The van der Waals surface area contributed by atoms with Gasteiger partial charge in [0.05, 0.1) is 6.04 Å². The third kappa shape index (κ3) is 2.53. The molecule has 1 aromatic carbocycles. The molecule has 2 aromatic rings. The molecule has 1 N–H and O–H groups in total. The molecule has 1 aliphatic heterocycles. The lowest BCUT2D eigenvalue weighted by molar-refractivity contribution is 0.0686. The summed E-state index contributed by atoms with van der Waals surface area (Å²) in [6.07, 6.45) is 1.79. The van der Waals surface area contributed by atoms with E-state index in [9.17, 15) is 17.6 Å². The van der Waals surface area contributed by atoms with Crippen LogP contribution in [0.15, 0.2) is 41.4 Å². The highest BCUT2D eigenvalue weighted by atomic mass is 32.2. The number of benzene rings is 1. The molecule has 0 spiro atoms. The van der Waals surface area contributed by atoms with Crippen molar-refractivity contribution in [1.29, 1.82) is 0 Å². The Bertz CT molecular complexity index is 875. The van der Waals surface area contributed by atoms with Crippen molar-refractivity contribution in [3.8, 4) is 0 Å². The lowest BCUT2D eigenvalue weighted by Crippen LogP contribution is -2.45. The van der Waals surface area contributed by atoms with Gasteiger partial charge in [-0.2, -0.15) is 4.31 Å². The van der Waals surface area contributed by atoms with Crippen LogP contribution in [0.25, 0.3) is 0 Å². The van der Waals surface area contributed by atoms with Crippen LogP contribution in [-0.4, -0.2) is 34.9 Å². The Morgan fingerprint density at radius 1 is 1.35 bits per heavy atom. The molecule has 0 aliphatic carbocycles. The summed E-state index contributed by atoms with van der Waals surface area (Å²) in [5.41, 5.74) is 0.211.